The number of thiocarbonyl (C=S) groups is 1. The molecule has 2 aromatic rings. The SMILES string of the molecule is CCOP(=O)(OCC)C(=CNC(=S)N=Nc1c(O)[nH]c2ccccc12)C(=O)OC. The molecule has 12 heteroatoms. The van der Waals surface area contributed by atoms with Gasteiger partial charge in [-0.3, -0.25) is 4.57 Å². The van der Waals surface area contributed by atoms with Gasteiger partial charge in [0.25, 0.3) is 0 Å². The summed E-state index contributed by atoms with van der Waals surface area (Å²) < 4.78 is 27.8. The first-order chi connectivity index (χ1) is 13.9. The van der Waals surface area contributed by atoms with E-state index >= 15 is 0 Å². The van der Waals surface area contributed by atoms with Crippen molar-refractivity contribution in [2.75, 3.05) is 20.3 Å². The van der Waals surface area contributed by atoms with E-state index in [1.807, 2.05) is 0 Å². The van der Waals surface area contributed by atoms with E-state index in [1.54, 1.807) is 38.1 Å². The number of hydrogen-bond acceptors (Lipinski definition) is 8. The first kappa shape index (κ1) is 22.7. The molecule has 0 unspecified atom stereocenters. The quantitative estimate of drug-likeness (QED) is 0.183. The second-order valence-electron chi connectivity index (χ2n) is 5.37. The highest BCUT2D eigenvalue weighted by atomic mass is 32.1. The van der Waals surface area contributed by atoms with Gasteiger partial charge < -0.3 is 29.2 Å². The molecule has 0 saturated heterocycles. The second-order valence-corrected chi connectivity index (χ2v) is 7.75. The number of carbonyl (C=O) groups excluding carboxylic acids is 1. The number of ether oxygens (including phenoxy) is 1. The Morgan fingerprint density at radius 3 is 2.59 bits per heavy atom. The van der Waals surface area contributed by atoms with Crippen LogP contribution in [-0.4, -0.2) is 41.5 Å². The third-order valence-corrected chi connectivity index (χ3v) is 5.82. The number of carbonyl (C=O) groups is 1. The lowest BCUT2D eigenvalue weighted by Crippen LogP contribution is -2.17. The predicted octanol–water partition coefficient (Wildman–Crippen LogP) is 4.11. The van der Waals surface area contributed by atoms with Gasteiger partial charge in [0.15, 0.2) is 11.0 Å². The van der Waals surface area contributed by atoms with Crippen LogP contribution in [-0.2, 0) is 23.1 Å². The van der Waals surface area contributed by atoms with Gasteiger partial charge in [0.05, 0.1) is 25.8 Å². The van der Waals surface area contributed by atoms with Gasteiger partial charge in [-0.2, -0.15) is 0 Å². The van der Waals surface area contributed by atoms with Crippen LogP contribution < -0.4 is 5.32 Å². The van der Waals surface area contributed by atoms with Gasteiger partial charge in [-0.1, -0.05) is 18.2 Å². The fraction of sp³-hybridized carbons (Fsp3) is 0.294. The minimum atomic E-state index is -3.92. The number of esters is 1. The van der Waals surface area contributed by atoms with Crippen LogP contribution >= 0.6 is 19.8 Å². The van der Waals surface area contributed by atoms with Crippen molar-refractivity contribution in [2.24, 2.45) is 10.2 Å². The zero-order chi connectivity index (χ0) is 21.4. The predicted molar refractivity (Wildman–Crippen MR) is 111 cm³/mol. The number of hydrogen-bond donors (Lipinski definition) is 3. The molecule has 0 bridgehead atoms. The first-order valence-corrected chi connectivity index (χ1v) is 10.5. The van der Waals surface area contributed by atoms with E-state index in [-0.39, 0.29) is 35.2 Å². The molecule has 0 atom stereocenters. The zero-order valence-corrected chi connectivity index (χ0v) is 17.8. The standard InChI is InChI=1S/C17H21N4O6PS/c1-4-26-28(24,27-5-2)13(16(23)25-3)10-18-17(29)21-20-14-11-8-6-7-9-12(11)19-15(14)22/h6-10,19,22H,4-5H2,1-3H3,(H,18,29). The average molecular weight is 440 g/mol. The molecule has 1 aromatic carbocycles. The van der Waals surface area contributed by atoms with Crippen molar-refractivity contribution in [3.8, 4) is 5.88 Å². The smallest absolute Gasteiger partial charge is 0.370 e. The molecule has 1 heterocycles. The number of methoxy groups -OCH3 is 1. The Hall–Kier alpha value is -2.59. The first-order valence-electron chi connectivity index (χ1n) is 8.56. The van der Waals surface area contributed by atoms with E-state index < -0.39 is 13.6 Å². The Morgan fingerprint density at radius 1 is 1.31 bits per heavy atom. The van der Waals surface area contributed by atoms with Gasteiger partial charge in [0, 0.05) is 11.6 Å². The second kappa shape index (κ2) is 10.3. The molecule has 2 rings (SSSR count). The Balaban J connectivity index is 2.25. The van der Waals surface area contributed by atoms with Gasteiger partial charge in [0.2, 0.25) is 11.0 Å². The number of aromatic nitrogens is 1. The molecule has 3 N–H and O–H groups in total. The van der Waals surface area contributed by atoms with Crippen molar-refractivity contribution in [1.29, 1.82) is 0 Å². The monoisotopic (exact) mass is 440 g/mol. The van der Waals surface area contributed by atoms with Crippen LogP contribution in [0.25, 0.3) is 10.9 Å². The lowest BCUT2D eigenvalue weighted by molar-refractivity contribution is -0.135. The number of fused-ring (bicyclic) bond motifs is 1. The molecule has 0 saturated carbocycles. The molecule has 10 nitrogen and oxygen atoms in total. The van der Waals surface area contributed by atoms with Crippen LogP contribution in [0.2, 0.25) is 0 Å². The summed E-state index contributed by atoms with van der Waals surface area (Å²) in [5.41, 5.74) is 0.885. The largest absolute Gasteiger partial charge is 0.493 e. The molecule has 0 amide bonds. The Morgan fingerprint density at radius 2 is 1.97 bits per heavy atom. The summed E-state index contributed by atoms with van der Waals surface area (Å²) >= 11 is 5.06. The third-order valence-electron chi connectivity index (χ3n) is 3.52. The minimum absolute atomic E-state index is 0.0512. The molecular weight excluding hydrogens is 419 g/mol. The molecule has 0 fully saturated rings. The number of aromatic amines is 1. The summed E-state index contributed by atoms with van der Waals surface area (Å²) in [6.45, 7) is 3.33. The Labute approximate surface area is 172 Å². The molecular formula is C17H21N4O6PS. The molecule has 0 aliphatic heterocycles. The van der Waals surface area contributed by atoms with Crippen LogP contribution in [0, 0.1) is 0 Å². The highest BCUT2D eigenvalue weighted by Crippen LogP contribution is 2.56. The van der Waals surface area contributed by atoms with E-state index in [2.05, 4.69) is 25.3 Å². The highest BCUT2D eigenvalue weighted by molar-refractivity contribution is 7.80. The summed E-state index contributed by atoms with van der Waals surface area (Å²) in [4.78, 5) is 14.8. The van der Waals surface area contributed by atoms with Crippen LogP contribution in [0.3, 0.4) is 0 Å². The third kappa shape index (κ3) is 5.48. The highest BCUT2D eigenvalue weighted by Gasteiger charge is 2.36. The van der Waals surface area contributed by atoms with E-state index in [4.69, 9.17) is 21.3 Å². The fourth-order valence-corrected chi connectivity index (χ4v) is 4.01. The number of para-hydroxylation sites is 1. The Bertz CT molecular complexity index is 993. The lowest BCUT2D eigenvalue weighted by Gasteiger charge is -2.18. The minimum Gasteiger partial charge on any atom is -0.493 e. The van der Waals surface area contributed by atoms with Crippen molar-refractivity contribution < 1.29 is 28.3 Å². The number of nitrogens with zero attached hydrogens (tertiary/aromatic N) is 2. The Kier molecular flexibility index (Phi) is 8.03. The van der Waals surface area contributed by atoms with Crippen LogP contribution in [0.4, 0.5) is 5.69 Å². The normalized spacial score (nSPS) is 12.4. The number of H-pyrrole nitrogens is 1. The maximum atomic E-state index is 12.9. The molecule has 29 heavy (non-hydrogen) atoms. The van der Waals surface area contributed by atoms with Gasteiger partial charge in [-0.05, 0) is 32.1 Å². The molecule has 0 spiro atoms. The van der Waals surface area contributed by atoms with Crippen molar-refractivity contribution in [3.05, 3.63) is 35.8 Å². The number of azo groups is 1. The van der Waals surface area contributed by atoms with Gasteiger partial charge in [-0.25, -0.2) is 4.79 Å². The van der Waals surface area contributed by atoms with Crippen molar-refractivity contribution in [1.82, 2.24) is 10.3 Å². The molecule has 1 aromatic heterocycles. The van der Waals surface area contributed by atoms with Gasteiger partial charge in [0.1, 0.15) is 0 Å². The van der Waals surface area contributed by atoms with Crippen LogP contribution in [0.1, 0.15) is 13.8 Å². The van der Waals surface area contributed by atoms with Gasteiger partial charge in [-0.15, -0.1) is 10.2 Å². The number of nitrogens with one attached hydrogen (secondary N) is 2. The zero-order valence-electron chi connectivity index (χ0n) is 16.0. The van der Waals surface area contributed by atoms with Crippen molar-refractivity contribution >= 4 is 47.5 Å². The van der Waals surface area contributed by atoms with Gasteiger partial charge >= 0.3 is 13.6 Å². The summed E-state index contributed by atoms with van der Waals surface area (Å²) in [6, 6.07) is 7.12. The molecule has 0 aliphatic carbocycles. The lowest BCUT2D eigenvalue weighted by atomic mass is 10.2. The summed E-state index contributed by atoms with van der Waals surface area (Å²) in [7, 11) is -2.78. The number of benzene rings is 1. The topological polar surface area (TPSA) is 135 Å². The van der Waals surface area contributed by atoms with E-state index in [0.29, 0.717) is 10.9 Å². The fourth-order valence-electron chi connectivity index (χ4n) is 2.34. The summed E-state index contributed by atoms with van der Waals surface area (Å²) in [5.74, 6) is -1.07. The average Bonchev–Trinajstić information content (AvgIpc) is 3.01. The van der Waals surface area contributed by atoms with Crippen molar-refractivity contribution in [3.63, 3.8) is 0 Å². The van der Waals surface area contributed by atoms with E-state index in [1.165, 1.54) is 0 Å². The van der Waals surface area contributed by atoms with Crippen molar-refractivity contribution in [2.45, 2.75) is 13.8 Å². The number of rotatable bonds is 8. The van der Waals surface area contributed by atoms with E-state index in [0.717, 1.165) is 13.3 Å². The molecule has 0 radical (unpaired) electrons. The summed E-state index contributed by atoms with van der Waals surface area (Å²) in [6.07, 6.45) is 1.05. The maximum Gasteiger partial charge on any atom is 0.370 e. The van der Waals surface area contributed by atoms with Crippen LogP contribution in [0.15, 0.2) is 46.0 Å². The maximum absolute atomic E-state index is 12.9. The molecule has 156 valence electrons. The number of aromatic hydroxyl groups is 1. The van der Waals surface area contributed by atoms with Crippen LogP contribution in [0.5, 0.6) is 5.88 Å². The van der Waals surface area contributed by atoms with E-state index in [9.17, 15) is 14.5 Å². The molecule has 0 aliphatic rings. The summed E-state index contributed by atoms with van der Waals surface area (Å²) in [5, 5.41) is 20.4.